The molecule has 3 rings (SSSR count). The number of anilines is 1. The van der Waals surface area contributed by atoms with Crippen molar-refractivity contribution in [2.75, 3.05) is 11.9 Å². The van der Waals surface area contributed by atoms with Crippen LogP contribution in [0.2, 0.25) is 0 Å². The highest BCUT2D eigenvalue weighted by Gasteiger charge is 2.33. The molecule has 22 heavy (non-hydrogen) atoms. The molecule has 0 aromatic heterocycles. The van der Waals surface area contributed by atoms with E-state index in [0.29, 0.717) is 11.1 Å². The SMILES string of the molecule is Cc1ccc(N(C)C2=C(Cl)C(=O)c3ccccc3C2=O)cc1. The average Bonchev–Trinajstić information content (AvgIpc) is 2.53. The largest absolute Gasteiger partial charge is 0.340 e. The van der Waals surface area contributed by atoms with Crippen LogP contribution in [-0.2, 0) is 0 Å². The fourth-order valence-electron chi connectivity index (χ4n) is 2.53. The molecule has 0 N–H and O–H groups in total. The summed E-state index contributed by atoms with van der Waals surface area (Å²) < 4.78 is 0. The smallest absolute Gasteiger partial charge is 0.211 e. The van der Waals surface area contributed by atoms with Crippen molar-refractivity contribution in [3.05, 3.63) is 76.0 Å². The van der Waals surface area contributed by atoms with Gasteiger partial charge in [0.25, 0.3) is 0 Å². The number of hydrogen-bond acceptors (Lipinski definition) is 3. The van der Waals surface area contributed by atoms with Gasteiger partial charge in [-0.3, -0.25) is 9.59 Å². The third-order valence-electron chi connectivity index (χ3n) is 3.80. The number of nitrogens with zero attached hydrogens (tertiary/aromatic N) is 1. The highest BCUT2D eigenvalue weighted by molar-refractivity contribution is 6.50. The zero-order chi connectivity index (χ0) is 15.9. The Kier molecular flexibility index (Phi) is 3.59. The molecule has 1 aliphatic carbocycles. The van der Waals surface area contributed by atoms with Crippen LogP contribution in [0.3, 0.4) is 0 Å². The van der Waals surface area contributed by atoms with Crippen LogP contribution in [0.1, 0.15) is 26.3 Å². The van der Waals surface area contributed by atoms with Gasteiger partial charge in [0.15, 0.2) is 0 Å². The summed E-state index contributed by atoms with van der Waals surface area (Å²) in [6.07, 6.45) is 0. The maximum absolute atomic E-state index is 12.7. The van der Waals surface area contributed by atoms with Crippen molar-refractivity contribution in [2.24, 2.45) is 0 Å². The standard InChI is InChI=1S/C18H14ClNO2/c1-11-7-9-12(10-8-11)20(2)16-15(19)17(21)13-5-3-4-6-14(13)18(16)22/h3-10H,1-2H3. The van der Waals surface area contributed by atoms with Gasteiger partial charge in [0.2, 0.25) is 11.6 Å². The summed E-state index contributed by atoms with van der Waals surface area (Å²) in [5, 5.41) is -0.0354. The zero-order valence-electron chi connectivity index (χ0n) is 12.3. The molecular formula is C18H14ClNO2. The lowest BCUT2D eigenvalue weighted by atomic mass is 9.92. The molecule has 0 amide bonds. The van der Waals surface area contributed by atoms with Crippen molar-refractivity contribution in [2.45, 2.75) is 6.92 Å². The molecule has 2 aromatic rings. The van der Waals surface area contributed by atoms with Crippen molar-refractivity contribution >= 4 is 28.9 Å². The van der Waals surface area contributed by atoms with E-state index in [1.54, 1.807) is 36.2 Å². The van der Waals surface area contributed by atoms with Crippen LogP contribution < -0.4 is 4.90 Å². The predicted octanol–water partition coefficient (Wildman–Crippen LogP) is 3.96. The molecule has 4 heteroatoms. The van der Waals surface area contributed by atoms with Gasteiger partial charge in [0, 0.05) is 23.9 Å². The molecule has 0 fully saturated rings. The van der Waals surface area contributed by atoms with Gasteiger partial charge in [-0.05, 0) is 19.1 Å². The number of carbonyl (C=O) groups excluding carboxylic acids is 2. The Labute approximate surface area is 133 Å². The van der Waals surface area contributed by atoms with E-state index in [9.17, 15) is 9.59 Å². The number of carbonyl (C=O) groups is 2. The van der Waals surface area contributed by atoms with Gasteiger partial charge >= 0.3 is 0 Å². The number of aryl methyl sites for hydroxylation is 1. The Morgan fingerprint density at radius 1 is 0.864 bits per heavy atom. The summed E-state index contributed by atoms with van der Waals surface area (Å²) in [6.45, 7) is 1.99. The Bertz CT molecular complexity index is 806. The van der Waals surface area contributed by atoms with Gasteiger partial charge < -0.3 is 4.90 Å². The molecule has 0 spiro atoms. The molecule has 0 saturated heterocycles. The lowest BCUT2D eigenvalue weighted by Crippen LogP contribution is -2.30. The Hall–Kier alpha value is -2.39. The van der Waals surface area contributed by atoms with E-state index in [1.807, 2.05) is 31.2 Å². The van der Waals surface area contributed by atoms with Crippen LogP contribution in [0.5, 0.6) is 0 Å². The van der Waals surface area contributed by atoms with E-state index in [1.165, 1.54) is 0 Å². The number of rotatable bonds is 2. The topological polar surface area (TPSA) is 37.4 Å². The number of Topliss-reactive ketones (excluding diaryl/α,β-unsaturated/α-hetero) is 2. The fraction of sp³-hybridized carbons (Fsp3) is 0.111. The Morgan fingerprint density at radius 3 is 2.00 bits per heavy atom. The highest BCUT2D eigenvalue weighted by Crippen LogP contribution is 2.32. The van der Waals surface area contributed by atoms with E-state index < -0.39 is 0 Å². The first-order chi connectivity index (χ1) is 10.5. The van der Waals surface area contributed by atoms with Crippen LogP contribution in [0, 0.1) is 6.92 Å². The van der Waals surface area contributed by atoms with Gasteiger partial charge in [-0.15, -0.1) is 0 Å². The summed E-state index contributed by atoms with van der Waals surface area (Å²) in [5.41, 5.74) is 2.89. The molecule has 0 unspecified atom stereocenters. The molecule has 0 bridgehead atoms. The van der Waals surface area contributed by atoms with Crippen molar-refractivity contribution in [3.63, 3.8) is 0 Å². The van der Waals surface area contributed by atoms with Gasteiger partial charge in [-0.25, -0.2) is 0 Å². The molecule has 0 atom stereocenters. The minimum atomic E-state index is -0.314. The second-order valence-corrected chi connectivity index (χ2v) is 5.64. The van der Waals surface area contributed by atoms with Gasteiger partial charge in [0.1, 0.15) is 10.7 Å². The number of fused-ring (bicyclic) bond motifs is 1. The first-order valence-electron chi connectivity index (χ1n) is 6.89. The van der Waals surface area contributed by atoms with E-state index >= 15 is 0 Å². The van der Waals surface area contributed by atoms with Gasteiger partial charge in [-0.1, -0.05) is 53.6 Å². The summed E-state index contributed by atoms with van der Waals surface area (Å²) in [6, 6.07) is 14.4. The Balaban J connectivity index is 2.10. The first kappa shape index (κ1) is 14.5. The van der Waals surface area contributed by atoms with Crippen LogP contribution >= 0.6 is 11.6 Å². The van der Waals surface area contributed by atoms with E-state index in [4.69, 9.17) is 11.6 Å². The summed E-state index contributed by atoms with van der Waals surface area (Å²) in [4.78, 5) is 26.8. The van der Waals surface area contributed by atoms with E-state index in [2.05, 4.69) is 0 Å². The van der Waals surface area contributed by atoms with Crippen LogP contribution in [0.4, 0.5) is 5.69 Å². The fourth-order valence-corrected chi connectivity index (χ4v) is 2.84. The summed E-state index contributed by atoms with van der Waals surface area (Å²) >= 11 is 6.20. The van der Waals surface area contributed by atoms with Crippen molar-refractivity contribution in [1.29, 1.82) is 0 Å². The third-order valence-corrected chi connectivity index (χ3v) is 4.15. The van der Waals surface area contributed by atoms with Crippen molar-refractivity contribution in [3.8, 4) is 0 Å². The maximum Gasteiger partial charge on any atom is 0.211 e. The molecular weight excluding hydrogens is 298 g/mol. The molecule has 110 valence electrons. The summed E-state index contributed by atoms with van der Waals surface area (Å²) in [7, 11) is 1.74. The van der Waals surface area contributed by atoms with Crippen molar-refractivity contribution < 1.29 is 9.59 Å². The molecule has 0 heterocycles. The molecule has 0 saturated carbocycles. The molecule has 1 aliphatic rings. The van der Waals surface area contributed by atoms with E-state index in [0.717, 1.165) is 11.3 Å². The van der Waals surface area contributed by atoms with Gasteiger partial charge in [-0.2, -0.15) is 0 Å². The molecule has 0 radical (unpaired) electrons. The predicted molar refractivity (Wildman–Crippen MR) is 87.6 cm³/mol. The lowest BCUT2D eigenvalue weighted by Gasteiger charge is -2.26. The van der Waals surface area contributed by atoms with Crippen LogP contribution in [0.25, 0.3) is 0 Å². The quantitative estimate of drug-likeness (QED) is 0.842. The van der Waals surface area contributed by atoms with Crippen LogP contribution in [0.15, 0.2) is 59.3 Å². The zero-order valence-corrected chi connectivity index (χ0v) is 13.0. The number of allylic oxidation sites excluding steroid dienone is 2. The van der Waals surface area contributed by atoms with Crippen molar-refractivity contribution in [1.82, 2.24) is 0 Å². The minimum Gasteiger partial charge on any atom is -0.340 e. The molecule has 0 aliphatic heterocycles. The average molecular weight is 312 g/mol. The number of likely N-dealkylation sites (N-methyl/N-ethyl adjacent to an activating group) is 1. The third kappa shape index (κ3) is 2.24. The highest BCUT2D eigenvalue weighted by atomic mass is 35.5. The Morgan fingerprint density at radius 2 is 1.41 bits per heavy atom. The number of ketones is 2. The number of halogens is 1. The minimum absolute atomic E-state index is 0.0354. The monoisotopic (exact) mass is 311 g/mol. The number of benzene rings is 2. The van der Waals surface area contributed by atoms with Gasteiger partial charge in [0.05, 0.1) is 0 Å². The first-order valence-corrected chi connectivity index (χ1v) is 7.27. The second kappa shape index (κ2) is 5.43. The number of hydrogen-bond donors (Lipinski definition) is 0. The van der Waals surface area contributed by atoms with E-state index in [-0.39, 0.29) is 22.3 Å². The lowest BCUT2D eigenvalue weighted by molar-refractivity contribution is 0.0979. The normalized spacial score (nSPS) is 14.1. The second-order valence-electron chi connectivity index (χ2n) is 5.26. The molecule has 3 nitrogen and oxygen atoms in total. The van der Waals surface area contributed by atoms with Crippen LogP contribution in [-0.4, -0.2) is 18.6 Å². The molecule has 2 aromatic carbocycles. The maximum atomic E-state index is 12.7. The summed E-state index contributed by atoms with van der Waals surface area (Å²) in [5.74, 6) is -0.547.